The van der Waals surface area contributed by atoms with Gasteiger partial charge in [-0.1, -0.05) is 25.0 Å². The number of rotatable bonds is 6. The Bertz CT molecular complexity index is 287. The van der Waals surface area contributed by atoms with E-state index >= 15 is 0 Å². The summed E-state index contributed by atoms with van der Waals surface area (Å²) in [5.74, 6) is 3.10. The van der Waals surface area contributed by atoms with Gasteiger partial charge < -0.3 is 5.32 Å². The lowest BCUT2D eigenvalue weighted by Crippen LogP contribution is -2.40. The lowest BCUT2D eigenvalue weighted by Gasteiger charge is -2.30. The summed E-state index contributed by atoms with van der Waals surface area (Å²) in [6.45, 7) is 3.42. The molecule has 3 aliphatic rings. The van der Waals surface area contributed by atoms with E-state index in [0.29, 0.717) is 0 Å². The minimum absolute atomic E-state index is 0.730. The molecule has 0 heterocycles. The molecular formula is C17H29N. The molecule has 0 aromatic heterocycles. The van der Waals surface area contributed by atoms with E-state index in [1.165, 1.54) is 57.8 Å². The molecule has 102 valence electrons. The summed E-state index contributed by atoms with van der Waals surface area (Å²) in [6.07, 6.45) is 15.6. The minimum Gasteiger partial charge on any atom is -0.310 e. The van der Waals surface area contributed by atoms with Gasteiger partial charge in [-0.3, -0.25) is 0 Å². The molecule has 0 aliphatic heterocycles. The normalized spacial score (nSPS) is 26.9. The number of nitrogens with one attached hydrogen (secondary N) is 1. The van der Waals surface area contributed by atoms with E-state index in [1.54, 1.807) is 5.57 Å². The highest BCUT2D eigenvalue weighted by atomic mass is 14.9. The third kappa shape index (κ3) is 2.99. The first-order valence-electron chi connectivity index (χ1n) is 8.32. The van der Waals surface area contributed by atoms with E-state index in [1.807, 2.05) is 0 Å². The standard InChI is InChI=1S/C17H29N/c1-2-18-17(15-7-5-3-4-6-8-15)16(13-9-10-13)14-11-12-14/h7,13-14,16-18H,2-6,8-12H2,1H3. The lowest BCUT2D eigenvalue weighted by atomic mass is 9.83. The second-order valence-corrected chi connectivity index (χ2v) is 6.67. The molecule has 0 aromatic rings. The molecule has 0 aromatic carbocycles. The maximum Gasteiger partial charge on any atom is 0.0313 e. The van der Waals surface area contributed by atoms with Crippen LogP contribution >= 0.6 is 0 Å². The van der Waals surface area contributed by atoms with Crippen molar-refractivity contribution in [2.45, 2.75) is 70.8 Å². The number of likely N-dealkylation sites (N-methyl/N-ethyl adjacent to an activating group) is 1. The van der Waals surface area contributed by atoms with Crippen LogP contribution in [0.2, 0.25) is 0 Å². The molecule has 0 bridgehead atoms. The first-order chi connectivity index (χ1) is 8.90. The molecule has 0 radical (unpaired) electrons. The Morgan fingerprint density at radius 1 is 1.11 bits per heavy atom. The molecular weight excluding hydrogens is 218 g/mol. The van der Waals surface area contributed by atoms with Gasteiger partial charge in [-0.2, -0.15) is 0 Å². The van der Waals surface area contributed by atoms with Crippen LogP contribution in [0.1, 0.15) is 64.7 Å². The molecule has 18 heavy (non-hydrogen) atoms. The third-order valence-corrected chi connectivity index (χ3v) is 5.12. The first-order valence-corrected chi connectivity index (χ1v) is 8.32. The van der Waals surface area contributed by atoms with Gasteiger partial charge in [0.1, 0.15) is 0 Å². The van der Waals surface area contributed by atoms with Gasteiger partial charge in [0.05, 0.1) is 0 Å². The fourth-order valence-corrected chi connectivity index (χ4v) is 3.95. The van der Waals surface area contributed by atoms with E-state index in [9.17, 15) is 0 Å². The Balaban J connectivity index is 1.74. The van der Waals surface area contributed by atoms with Gasteiger partial charge in [-0.15, -0.1) is 0 Å². The van der Waals surface area contributed by atoms with Crippen LogP contribution in [0.3, 0.4) is 0 Å². The van der Waals surface area contributed by atoms with Gasteiger partial charge in [-0.25, -0.2) is 0 Å². The molecule has 2 fully saturated rings. The van der Waals surface area contributed by atoms with Gasteiger partial charge in [0.25, 0.3) is 0 Å². The Morgan fingerprint density at radius 3 is 2.44 bits per heavy atom. The first kappa shape index (κ1) is 12.7. The number of hydrogen-bond acceptors (Lipinski definition) is 1. The smallest absolute Gasteiger partial charge is 0.0313 e. The zero-order valence-corrected chi connectivity index (χ0v) is 12.0. The van der Waals surface area contributed by atoms with E-state index in [0.717, 1.165) is 30.3 Å². The fourth-order valence-electron chi connectivity index (χ4n) is 3.95. The topological polar surface area (TPSA) is 12.0 Å². The molecule has 2 saturated carbocycles. The predicted octanol–water partition coefficient (Wildman–Crippen LogP) is 4.29. The Kier molecular flexibility index (Phi) is 4.08. The van der Waals surface area contributed by atoms with E-state index in [2.05, 4.69) is 18.3 Å². The monoisotopic (exact) mass is 247 g/mol. The molecule has 3 aliphatic carbocycles. The lowest BCUT2D eigenvalue weighted by molar-refractivity contribution is 0.311. The number of hydrogen-bond donors (Lipinski definition) is 1. The van der Waals surface area contributed by atoms with Crippen LogP contribution in [0.25, 0.3) is 0 Å². The van der Waals surface area contributed by atoms with Crippen molar-refractivity contribution in [3.8, 4) is 0 Å². The van der Waals surface area contributed by atoms with Gasteiger partial charge >= 0.3 is 0 Å². The van der Waals surface area contributed by atoms with Crippen molar-refractivity contribution in [2.24, 2.45) is 17.8 Å². The second-order valence-electron chi connectivity index (χ2n) is 6.67. The summed E-state index contributed by atoms with van der Waals surface area (Å²) in [5.41, 5.74) is 1.78. The Hall–Kier alpha value is -0.300. The highest BCUT2D eigenvalue weighted by Crippen LogP contribution is 2.52. The highest BCUT2D eigenvalue weighted by Gasteiger charge is 2.45. The molecule has 0 amide bonds. The zero-order chi connectivity index (χ0) is 12.4. The summed E-state index contributed by atoms with van der Waals surface area (Å²) in [4.78, 5) is 0. The molecule has 1 heteroatoms. The van der Waals surface area contributed by atoms with Crippen LogP contribution in [-0.2, 0) is 0 Å². The summed E-state index contributed by atoms with van der Waals surface area (Å²) >= 11 is 0. The summed E-state index contributed by atoms with van der Waals surface area (Å²) < 4.78 is 0. The summed E-state index contributed by atoms with van der Waals surface area (Å²) in [7, 11) is 0. The van der Waals surface area contributed by atoms with Crippen LogP contribution in [-0.4, -0.2) is 12.6 Å². The fraction of sp³-hybridized carbons (Fsp3) is 0.882. The van der Waals surface area contributed by atoms with Crippen molar-refractivity contribution in [3.05, 3.63) is 11.6 Å². The maximum absolute atomic E-state index is 3.85. The minimum atomic E-state index is 0.730. The van der Waals surface area contributed by atoms with Crippen molar-refractivity contribution < 1.29 is 0 Å². The number of allylic oxidation sites excluding steroid dienone is 1. The Labute approximate surface area is 112 Å². The van der Waals surface area contributed by atoms with Gasteiger partial charge in [-0.05, 0) is 75.7 Å². The largest absolute Gasteiger partial charge is 0.310 e. The molecule has 3 rings (SSSR count). The van der Waals surface area contributed by atoms with Crippen molar-refractivity contribution in [3.63, 3.8) is 0 Å². The van der Waals surface area contributed by atoms with Crippen LogP contribution in [0.15, 0.2) is 11.6 Å². The average Bonchev–Trinajstić information content (AvgIpc) is 3.22. The molecule has 1 N–H and O–H groups in total. The van der Waals surface area contributed by atoms with Crippen LogP contribution in [0.5, 0.6) is 0 Å². The second kappa shape index (κ2) is 5.77. The quantitative estimate of drug-likeness (QED) is 0.690. The van der Waals surface area contributed by atoms with E-state index in [4.69, 9.17) is 0 Å². The summed E-state index contributed by atoms with van der Waals surface area (Å²) in [5, 5.41) is 3.85. The van der Waals surface area contributed by atoms with Gasteiger partial charge in [0, 0.05) is 6.04 Å². The molecule has 0 saturated heterocycles. The molecule has 1 unspecified atom stereocenters. The molecule has 1 nitrogen and oxygen atoms in total. The van der Waals surface area contributed by atoms with Crippen molar-refractivity contribution in [1.82, 2.24) is 5.32 Å². The third-order valence-electron chi connectivity index (χ3n) is 5.12. The van der Waals surface area contributed by atoms with E-state index < -0.39 is 0 Å². The van der Waals surface area contributed by atoms with Crippen molar-refractivity contribution in [1.29, 1.82) is 0 Å². The van der Waals surface area contributed by atoms with Crippen LogP contribution in [0.4, 0.5) is 0 Å². The van der Waals surface area contributed by atoms with Crippen molar-refractivity contribution >= 4 is 0 Å². The summed E-state index contributed by atoms with van der Waals surface area (Å²) in [6, 6.07) is 0.730. The van der Waals surface area contributed by atoms with Gasteiger partial charge in [0.15, 0.2) is 0 Å². The maximum atomic E-state index is 3.85. The SMILES string of the molecule is CCNC(C1=CCCCCC1)C(C1CC1)C1CC1. The molecule has 0 spiro atoms. The van der Waals surface area contributed by atoms with Crippen LogP contribution < -0.4 is 5.32 Å². The predicted molar refractivity (Wildman–Crippen MR) is 77.6 cm³/mol. The van der Waals surface area contributed by atoms with E-state index in [-0.39, 0.29) is 0 Å². The molecule has 1 atom stereocenters. The Morgan fingerprint density at radius 2 is 1.83 bits per heavy atom. The van der Waals surface area contributed by atoms with Gasteiger partial charge in [0.2, 0.25) is 0 Å². The highest BCUT2D eigenvalue weighted by molar-refractivity contribution is 5.17. The van der Waals surface area contributed by atoms with Crippen LogP contribution in [0, 0.1) is 17.8 Å². The zero-order valence-electron chi connectivity index (χ0n) is 12.0. The van der Waals surface area contributed by atoms with Crippen molar-refractivity contribution in [2.75, 3.05) is 6.54 Å². The average molecular weight is 247 g/mol.